The summed E-state index contributed by atoms with van der Waals surface area (Å²) >= 11 is 3.37. The molecule has 0 aliphatic rings. The van der Waals surface area contributed by atoms with Crippen LogP contribution in [-0.4, -0.2) is 12.1 Å². The summed E-state index contributed by atoms with van der Waals surface area (Å²) in [7, 11) is 1.65. The third-order valence-corrected chi connectivity index (χ3v) is 2.26. The lowest BCUT2D eigenvalue weighted by atomic mass is 10.2. The Morgan fingerprint density at radius 1 is 1.67 bits per heavy atom. The van der Waals surface area contributed by atoms with E-state index in [0.29, 0.717) is 5.69 Å². The number of rotatable bonds is 2. The van der Waals surface area contributed by atoms with Gasteiger partial charge in [-0.05, 0) is 28.9 Å². The van der Waals surface area contributed by atoms with Crippen LogP contribution in [0.1, 0.15) is 18.7 Å². The molecule has 0 saturated carbocycles. The molecule has 1 rings (SSSR count). The summed E-state index contributed by atoms with van der Waals surface area (Å²) in [6.45, 7) is 1.93. The van der Waals surface area contributed by atoms with Gasteiger partial charge in [-0.3, -0.25) is 4.98 Å². The lowest BCUT2D eigenvalue weighted by Crippen LogP contribution is -2.01. The molecule has 4 heteroatoms. The van der Waals surface area contributed by atoms with Crippen molar-refractivity contribution in [3.05, 3.63) is 22.4 Å². The molecule has 0 amide bonds. The molecule has 0 radical (unpaired) electrons. The highest BCUT2D eigenvalue weighted by Crippen LogP contribution is 2.24. The third-order valence-electron chi connectivity index (χ3n) is 1.63. The average molecular weight is 231 g/mol. The van der Waals surface area contributed by atoms with Crippen molar-refractivity contribution in [1.82, 2.24) is 4.98 Å². The first-order valence-corrected chi connectivity index (χ1v) is 4.38. The van der Waals surface area contributed by atoms with Crippen molar-refractivity contribution < 1.29 is 4.74 Å². The van der Waals surface area contributed by atoms with E-state index in [0.717, 1.165) is 10.2 Å². The van der Waals surface area contributed by atoms with Gasteiger partial charge in [0, 0.05) is 11.6 Å². The van der Waals surface area contributed by atoms with Gasteiger partial charge < -0.3 is 10.5 Å². The van der Waals surface area contributed by atoms with E-state index in [-0.39, 0.29) is 6.10 Å². The molecule has 66 valence electrons. The Kier molecular flexibility index (Phi) is 3.05. The number of anilines is 1. The molecule has 3 nitrogen and oxygen atoms in total. The van der Waals surface area contributed by atoms with Crippen LogP contribution in [-0.2, 0) is 4.74 Å². The lowest BCUT2D eigenvalue weighted by molar-refractivity contribution is 0.115. The summed E-state index contributed by atoms with van der Waals surface area (Å²) in [6.07, 6.45) is 1.61. The van der Waals surface area contributed by atoms with Crippen molar-refractivity contribution in [2.24, 2.45) is 0 Å². The Hall–Kier alpha value is -0.610. The molecule has 0 unspecified atom stereocenters. The Labute approximate surface area is 80.1 Å². The van der Waals surface area contributed by atoms with Crippen molar-refractivity contribution in [2.45, 2.75) is 13.0 Å². The van der Waals surface area contributed by atoms with Gasteiger partial charge in [0.1, 0.15) is 0 Å². The number of halogens is 1. The predicted octanol–water partition coefficient (Wildman–Crippen LogP) is 2.13. The van der Waals surface area contributed by atoms with E-state index in [1.807, 2.05) is 13.0 Å². The van der Waals surface area contributed by atoms with E-state index in [1.54, 1.807) is 13.3 Å². The normalized spacial score (nSPS) is 12.9. The number of ether oxygens (including phenoxy) is 1. The number of nitrogens with zero attached hydrogens (tertiary/aromatic N) is 1. The molecule has 1 heterocycles. The Bertz CT molecular complexity index is 278. The van der Waals surface area contributed by atoms with Gasteiger partial charge in [-0.25, -0.2) is 0 Å². The van der Waals surface area contributed by atoms with Crippen molar-refractivity contribution in [3.63, 3.8) is 0 Å². The highest BCUT2D eigenvalue weighted by molar-refractivity contribution is 9.10. The molecule has 0 aliphatic carbocycles. The maximum Gasteiger partial charge on any atom is 0.0974 e. The predicted molar refractivity (Wildman–Crippen MR) is 51.8 cm³/mol. The second kappa shape index (κ2) is 3.87. The molecule has 0 saturated heterocycles. The molecular weight excluding hydrogens is 220 g/mol. The van der Waals surface area contributed by atoms with E-state index >= 15 is 0 Å². The summed E-state index contributed by atoms with van der Waals surface area (Å²) in [5.74, 6) is 0. The first-order valence-electron chi connectivity index (χ1n) is 3.59. The van der Waals surface area contributed by atoms with E-state index in [2.05, 4.69) is 20.9 Å². The summed E-state index contributed by atoms with van der Waals surface area (Å²) < 4.78 is 6.01. The largest absolute Gasteiger partial charge is 0.397 e. The SMILES string of the molecule is CO[C@@H](C)c1ncc(N)cc1Br. The van der Waals surface area contributed by atoms with Crippen LogP contribution in [0.2, 0.25) is 0 Å². The number of aromatic nitrogens is 1. The van der Waals surface area contributed by atoms with Crippen LogP contribution in [0.3, 0.4) is 0 Å². The molecule has 1 atom stereocenters. The van der Waals surface area contributed by atoms with Gasteiger partial charge in [-0.1, -0.05) is 0 Å². The van der Waals surface area contributed by atoms with Crippen LogP contribution in [0.25, 0.3) is 0 Å². The topological polar surface area (TPSA) is 48.1 Å². The number of methoxy groups -OCH3 is 1. The Morgan fingerprint density at radius 2 is 2.33 bits per heavy atom. The first kappa shape index (κ1) is 9.48. The van der Waals surface area contributed by atoms with Crippen molar-refractivity contribution in [2.75, 3.05) is 12.8 Å². The van der Waals surface area contributed by atoms with Gasteiger partial charge in [0.15, 0.2) is 0 Å². The highest BCUT2D eigenvalue weighted by Gasteiger charge is 2.09. The molecule has 0 bridgehead atoms. The molecule has 0 aliphatic heterocycles. The van der Waals surface area contributed by atoms with Gasteiger partial charge in [-0.15, -0.1) is 0 Å². The Morgan fingerprint density at radius 3 is 2.83 bits per heavy atom. The Balaban J connectivity index is 3.01. The molecule has 1 aromatic rings. The number of hydrogen-bond acceptors (Lipinski definition) is 3. The summed E-state index contributed by atoms with van der Waals surface area (Å²) in [5.41, 5.74) is 7.05. The van der Waals surface area contributed by atoms with E-state index in [4.69, 9.17) is 10.5 Å². The number of hydrogen-bond donors (Lipinski definition) is 1. The molecule has 1 aromatic heterocycles. The van der Waals surface area contributed by atoms with Gasteiger partial charge in [-0.2, -0.15) is 0 Å². The number of nitrogens with two attached hydrogens (primary N) is 1. The van der Waals surface area contributed by atoms with Crippen molar-refractivity contribution in [1.29, 1.82) is 0 Å². The minimum Gasteiger partial charge on any atom is -0.397 e. The monoisotopic (exact) mass is 230 g/mol. The fraction of sp³-hybridized carbons (Fsp3) is 0.375. The molecule has 12 heavy (non-hydrogen) atoms. The first-order chi connectivity index (χ1) is 5.65. The number of nitrogen functional groups attached to an aromatic ring is 1. The smallest absolute Gasteiger partial charge is 0.0974 e. The summed E-state index contributed by atoms with van der Waals surface area (Å²) in [6, 6.07) is 1.82. The standard InChI is InChI=1S/C8H11BrN2O/c1-5(12-2)8-7(9)3-6(10)4-11-8/h3-5H,10H2,1-2H3/t5-/m0/s1. The highest BCUT2D eigenvalue weighted by atomic mass is 79.9. The van der Waals surface area contributed by atoms with Gasteiger partial charge >= 0.3 is 0 Å². The minimum absolute atomic E-state index is 0.0139. The number of pyridine rings is 1. The minimum atomic E-state index is -0.0139. The van der Waals surface area contributed by atoms with Crippen molar-refractivity contribution >= 4 is 21.6 Å². The molecule has 2 N–H and O–H groups in total. The molecule has 0 fully saturated rings. The van der Waals surface area contributed by atoms with Gasteiger partial charge in [0.2, 0.25) is 0 Å². The van der Waals surface area contributed by atoms with Gasteiger partial charge in [0.25, 0.3) is 0 Å². The molecular formula is C8H11BrN2O. The zero-order chi connectivity index (χ0) is 9.14. The fourth-order valence-electron chi connectivity index (χ4n) is 0.874. The van der Waals surface area contributed by atoms with Crippen LogP contribution in [0.5, 0.6) is 0 Å². The molecule has 0 spiro atoms. The van der Waals surface area contributed by atoms with Crippen LogP contribution in [0.4, 0.5) is 5.69 Å². The lowest BCUT2D eigenvalue weighted by Gasteiger charge is -2.10. The zero-order valence-corrected chi connectivity index (χ0v) is 8.63. The molecule has 0 aromatic carbocycles. The maximum atomic E-state index is 5.54. The van der Waals surface area contributed by atoms with Crippen LogP contribution >= 0.6 is 15.9 Å². The van der Waals surface area contributed by atoms with Crippen LogP contribution in [0.15, 0.2) is 16.7 Å². The van der Waals surface area contributed by atoms with E-state index in [9.17, 15) is 0 Å². The third kappa shape index (κ3) is 1.95. The maximum absolute atomic E-state index is 5.54. The second-order valence-electron chi connectivity index (χ2n) is 2.51. The zero-order valence-electron chi connectivity index (χ0n) is 7.04. The summed E-state index contributed by atoms with van der Waals surface area (Å²) in [5, 5.41) is 0. The van der Waals surface area contributed by atoms with Crippen LogP contribution in [0, 0.1) is 0 Å². The summed E-state index contributed by atoms with van der Waals surface area (Å²) in [4.78, 5) is 4.15. The average Bonchev–Trinajstić information content (AvgIpc) is 2.03. The fourth-order valence-corrected chi connectivity index (χ4v) is 1.56. The van der Waals surface area contributed by atoms with Crippen molar-refractivity contribution in [3.8, 4) is 0 Å². The quantitative estimate of drug-likeness (QED) is 0.848. The van der Waals surface area contributed by atoms with E-state index in [1.165, 1.54) is 0 Å². The second-order valence-corrected chi connectivity index (χ2v) is 3.37. The van der Waals surface area contributed by atoms with Crippen LogP contribution < -0.4 is 5.73 Å². The van der Waals surface area contributed by atoms with E-state index < -0.39 is 0 Å². The van der Waals surface area contributed by atoms with Gasteiger partial charge in [0.05, 0.1) is 23.7 Å².